The number of thioether (sulfide) groups is 1. The van der Waals surface area contributed by atoms with Crippen LogP contribution in [0.15, 0.2) is 89.4 Å². The van der Waals surface area contributed by atoms with E-state index >= 15 is 0 Å². The Balaban J connectivity index is 1.55. The van der Waals surface area contributed by atoms with Gasteiger partial charge in [-0.1, -0.05) is 53.5 Å². The Morgan fingerprint density at radius 2 is 1.94 bits per heavy atom. The van der Waals surface area contributed by atoms with Crippen molar-refractivity contribution in [2.75, 3.05) is 6.54 Å². The van der Waals surface area contributed by atoms with Gasteiger partial charge in [-0.15, -0.1) is 6.58 Å². The number of rotatable bonds is 7. The van der Waals surface area contributed by atoms with Gasteiger partial charge in [0, 0.05) is 17.8 Å². The first-order valence-electron chi connectivity index (χ1n) is 10.0. The molecule has 1 saturated heterocycles. The minimum absolute atomic E-state index is 0.147. The van der Waals surface area contributed by atoms with Gasteiger partial charge in [0.1, 0.15) is 18.0 Å². The second kappa shape index (κ2) is 10.7. The number of carbonyl (C=O) groups excluding carboxylic acids is 1. The van der Waals surface area contributed by atoms with Crippen LogP contribution in [0.1, 0.15) is 11.1 Å². The Morgan fingerprint density at radius 3 is 2.70 bits per heavy atom. The molecule has 0 atom stereocenters. The van der Waals surface area contributed by atoms with Gasteiger partial charge in [0.05, 0.1) is 4.91 Å². The molecule has 0 spiro atoms. The fourth-order valence-corrected chi connectivity index (χ4v) is 4.33. The van der Waals surface area contributed by atoms with E-state index in [0.717, 1.165) is 11.1 Å². The molecule has 0 saturated carbocycles. The van der Waals surface area contributed by atoms with Crippen LogP contribution in [0.3, 0.4) is 0 Å². The first kappa shape index (κ1) is 23.1. The molecule has 1 aliphatic heterocycles. The maximum absolute atomic E-state index is 13.0. The summed E-state index contributed by atoms with van der Waals surface area (Å²) < 4.78 is 5.90. The quantitative estimate of drug-likeness (QED) is 0.206. The predicted octanol–water partition coefficient (Wildman–Crippen LogP) is 6.76. The molecule has 5 nitrogen and oxygen atoms in total. The Kier molecular flexibility index (Phi) is 7.50. The SMILES string of the molecule is C=CCN1C(=O)/C(=C/c2cccc(OCc3ccc(Cl)cc3)c2)SC1=Nc1cccnc1Cl. The Labute approximate surface area is 206 Å². The third-order valence-electron chi connectivity index (χ3n) is 4.63. The van der Waals surface area contributed by atoms with Crippen molar-refractivity contribution >= 4 is 57.8 Å². The highest BCUT2D eigenvalue weighted by molar-refractivity contribution is 8.18. The van der Waals surface area contributed by atoms with Crippen LogP contribution in [-0.4, -0.2) is 27.5 Å². The number of hydrogen-bond acceptors (Lipinski definition) is 5. The number of aliphatic imine (C=N–C) groups is 1. The molecule has 8 heteroatoms. The van der Waals surface area contributed by atoms with E-state index in [2.05, 4.69) is 16.6 Å². The maximum atomic E-state index is 13.0. The van der Waals surface area contributed by atoms with E-state index in [-0.39, 0.29) is 11.1 Å². The molecule has 0 bridgehead atoms. The zero-order valence-electron chi connectivity index (χ0n) is 17.4. The molecule has 166 valence electrons. The fraction of sp³-hybridized carbons (Fsp3) is 0.0800. The number of aromatic nitrogens is 1. The molecule has 1 aromatic heterocycles. The number of halogens is 2. The van der Waals surface area contributed by atoms with E-state index in [1.807, 2.05) is 54.6 Å². The molecular weight excluding hydrogens is 477 g/mol. The molecule has 1 fully saturated rings. The number of carbonyl (C=O) groups is 1. The summed E-state index contributed by atoms with van der Waals surface area (Å²) in [4.78, 5) is 23.7. The predicted molar refractivity (Wildman–Crippen MR) is 136 cm³/mol. The zero-order chi connectivity index (χ0) is 23.2. The summed E-state index contributed by atoms with van der Waals surface area (Å²) in [7, 11) is 0. The second-order valence-electron chi connectivity index (χ2n) is 7.01. The van der Waals surface area contributed by atoms with E-state index in [4.69, 9.17) is 27.9 Å². The van der Waals surface area contributed by atoms with Crippen molar-refractivity contribution in [3.8, 4) is 5.75 Å². The second-order valence-corrected chi connectivity index (χ2v) is 8.81. The molecule has 1 aliphatic rings. The highest BCUT2D eigenvalue weighted by Crippen LogP contribution is 2.35. The minimum Gasteiger partial charge on any atom is -0.489 e. The topological polar surface area (TPSA) is 54.8 Å². The highest BCUT2D eigenvalue weighted by atomic mass is 35.5. The largest absolute Gasteiger partial charge is 0.489 e. The summed E-state index contributed by atoms with van der Waals surface area (Å²) in [5.41, 5.74) is 2.36. The summed E-state index contributed by atoms with van der Waals surface area (Å²) in [6, 6.07) is 18.6. The van der Waals surface area contributed by atoms with Crippen LogP contribution in [-0.2, 0) is 11.4 Å². The highest BCUT2D eigenvalue weighted by Gasteiger charge is 2.32. The monoisotopic (exact) mass is 495 g/mol. The standard InChI is InChI=1S/C25H19Cl2N3O2S/c1-2-13-30-24(31)22(33-25(30)29-21-7-4-12-28-23(21)27)15-18-5-3-6-20(14-18)32-16-17-8-10-19(26)11-9-17/h2-12,14-15H,1,13,16H2/b22-15-,29-25?. The van der Waals surface area contributed by atoms with Gasteiger partial charge in [-0.2, -0.15) is 0 Å². The van der Waals surface area contributed by atoms with Crippen LogP contribution in [0.5, 0.6) is 5.75 Å². The third-order valence-corrected chi connectivity index (χ3v) is 6.18. The average molecular weight is 496 g/mol. The molecule has 3 aromatic rings. The van der Waals surface area contributed by atoms with Crippen molar-refractivity contribution in [2.24, 2.45) is 4.99 Å². The van der Waals surface area contributed by atoms with E-state index in [1.165, 1.54) is 11.8 Å². The molecule has 0 N–H and O–H groups in total. The first-order chi connectivity index (χ1) is 16.0. The fourth-order valence-electron chi connectivity index (χ4n) is 3.04. The number of nitrogens with zero attached hydrogens (tertiary/aromatic N) is 3. The minimum atomic E-state index is -0.147. The smallest absolute Gasteiger partial charge is 0.267 e. The van der Waals surface area contributed by atoms with Crippen molar-refractivity contribution < 1.29 is 9.53 Å². The average Bonchev–Trinajstić information content (AvgIpc) is 3.10. The molecule has 2 heterocycles. The lowest BCUT2D eigenvalue weighted by Gasteiger charge is -2.12. The summed E-state index contributed by atoms with van der Waals surface area (Å²) in [5, 5.41) is 1.49. The molecule has 4 rings (SSSR count). The van der Waals surface area contributed by atoms with E-state index in [9.17, 15) is 4.79 Å². The summed E-state index contributed by atoms with van der Waals surface area (Å²) in [6.45, 7) is 4.50. The van der Waals surface area contributed by atoms with E-state index in [1.54, 1.807) is 29.3 Å². The van der Waals surface area contributed by atoms with Crippen molar-refractivity contribution in [3.63, 3.8) is 0 Å². The molecule has 2 aromatic carbocycles. The number of amidine groups is 1. The molecule has 0 aliphatic carbocycles. The number of hydrogen-bond donors (Lipinski definition) is 0. The van der Waals surface area contributed by atoms with Crippen LogP contribution >= 0.6 is 35.0 Å². The molecule has 1 amide bonds. The van der Waals surface area contributed by atoms with Gasteiger partial charge < -0.3 is 4.74 Å². The van der Waals surface area contributed by atoms with Gasteiger partial charge in [-0.3, -0.25) is 9.69 Å². The van der Waals surface area contributed by atoms with Crippen LogP contribution in [0.2, 0.25) is 10.2 Å². The van der Waals surface area contributed by atoms with Crippen molar-refractivity contribution in [1.82, 2.24) is 9.88 Å². The van der Waals surface area contributed by atoms with Crippen molar-refractivity contribution in [3.05, 3.63) is 106 Å². The van der Waals surface area contributed by atoms with Gasteiger partial charge in [-0.05, 0) is 65.4 Å². The Morgan fingerprint density at radius 1 is 1.12 bits per heavy atom. The molecule has 0 radical (unpaired) electrons. The van der Waals surface area contributed by atoms with Gasteiger partial charge >= 0.3 is 0 Å². The maximum Gasteiger partial charge on any atom is 0.267 e. The van der Waals surface area contributed by atoms with Gasteiger partial charge in [0.15, 0.2) is 10.3 Å². The summed E-state index contributed by atoms with van der Waals surface area (Å²) in [5.74, 6) is 0.555. The van der Waals surface area contributed by atoms with Crippen LogP contribution in [0.4, 0.5) is 5.69 Å². The van der Waals surface area contributed by atoms with E-state index < -0.39 is 0 Å². The number of amides is 1. The zero-order valence-corrected chi connectivity index (χ0v) is 19.8. The number of benzene rings is 2. The van der Waals surface area contributed by atoms with Crippen molar-refractivity contribution in [1.29, 1.82) is 0 Å². The van der Waals surface area contributed by atoms with E-state index in [0.29, 0.717) is 39.7 Å². The lowest BCUT2D eigenvalue weighted by atomic mass is 10.2. The first-order valence-corrected chi connectivity index (χ1v) is 11.6. The van der Waals surface area contributed by atoms with Gasteiger partial charge in [0.2, 0.25) is 0 Å². The lowest BCUT2D eigenvalue weighted by Crippen LogP contribution is -2.29. The summed E-state index contributed by atoms with van der Waals surface area (Å²) >= 11 is 13.4. The Bertz CT molecular complexity index is 1240. The van der Waals surface area contributed by atoms with Crippen LogP contribution in [0.25, 0.3) is 6.08 Å². The Hall–Kier alpha value is -3.06. The number of pyridine rings is 1. The normalized spacial score (nSPS) is 15.9. The molecule has 33 heavy (non-hydrogen) atoms. The van der Waals surface area contributed by atoms with Crippen molar-refractivity contribution in [2.45, 2.75) is 6.61 Å². The van der Waals surface area contributed by atoms with Crippen LogP contribution in [0, 0.1) is 0 Å². The lowest BCUT2D eigenvalue weighted by molar-refractivity contribution is -0.121. The summed E-state index contributed by atoms with van der Waals surface area (Å²) in [6.07, 6.45) is 5.08. The van der Waals surface area contributed by atoms with Gasteiger partial charge in [0.25, 0.3) is 5.91 Å². The van der Waals surface area contributed by atoms with Gasteiger partial charge in [-0.25, -0.2) is 9.98 Å². The molecule has 0 unspecified atom stereocenters. The third kappa shape index (κ3) is 5.85. The van der Waals surface area contributed by atoms with Crippen LogP contribution < -0.4 is 4.74 Å². The number of ether oxygens (including phenoxy) is 1. The molecular formula is C25H19Cl2N3O2S.